The third-order valence-corrected chi connectivity index (χ3v) is 4.36. The van der Waals surface area contributed by atoms with Gasteiger partial charge < -0.3 is 15.5 Å². The predicted molar refractivity (Wildman–Crippen MR) is 73.8 cm³/mol. The average Bonchev–Trinajstić information content (AvgIpc) is 2.78. The molecule has 96 valence electrons. The zero-order valence-electron chi connectivity index (χ0n) is 10.7. The number of hydrogen-bond donors (Lipinski definition) is 1. The van der Waals surface area contributed by atoms with E-state index in [1.807, 2.05) is 0 Å². The van der Waals surface area contributed by atoms with Gasteiger partial charge in [-0.15, -0.1) is 11.3 Å². The molecule has 5 heteroatoms. The van der Waals surface area contributed by atoms with Crippen LogP contribution in [0.5, 0.6) is 0 Å². The third kappa shape index (κ3) is 3.18. The second-order valence-electron chi connectivity index (χ2n) is 4.84. The van der Waals surface area contributed by atoms with Gasteiger partial charge in [0, 0.05) is 30.9 Å². The molecule has 2 N–H and O–H groups in total. The normalized spacial score (nSPS) is 18.0. The summed E-state index contributed by atoms with van der Waals surface area (Å²) in [6.45, 7) is 2.93. The van der Waals surface area contributed by atoms with Crippen molar-refractivity contribution >= 4 is 16.5 Å². The van der Waals surface area contributed by atoms with Gasteiger partial charge in [0.05, 0.1) is 5.69 Å². The maximum Gasteiger partial charge on any atom is 0.185 e. The Hall–Kier alpha value is -0.650. The van der Waals surface area contributed by atoms with E-state index in [1.54, 1.807) is 11.3 Å². The Kier molecular flexibility index (Phi) is 4.36. The molecule has 2 heterocycles. The molecule has 1 saturated heterocycles. The van der Waals surface area contributed by atoms with E-state index in [0.717, 1.165) is 31.2 Å². The SMILES string of the molecule is CN(C)C1CCN(c2nc(CCN)cs2)CC1. The van der Waals surface area contributed by atoms with E-state index in [9.17, 15) is 0 Å². The second kappa shape index (κ2) is 5.80. The average molecular weight is 254 g/mol. The van der Waals surface area contributed by atoms with Crippen molar-refractivity contribution in [1.29, 1.82) is 0 Å². The van der Waals surface area contributed by atoms with E-state index in [2.05, 4.69) is 34.3 Å². The topological polar surface area (TPSA) is 45.4 Å². The van der Waals surface area contributed by atoms with E-state index < -0.39 is 0 Å². The van der Waals surface area contributed by atoms with Crippen LogP contribution in [-0.2, 0) is 6.42 Å². The molecule has 1 fully saturated rings. The van der Waals surface area contributed by atoms with Gasteiger partial charge in [-0.25, -0.2) is 4.98 Å². The lowest BCUT2D eigenvalue weighted by Gasteiger charge is -2.35. The Labute approximate surface area is 107 Å². The first kappa shape index (κ1) is 12.8. The zero-order chi connectivity index (χ0) is 12.3. The Bertz CT molecular complexity index is 342. The van der Waals surface area contributed by atoms with Crippen LogP contribution in [0.15, 0.2) is 5.38 Å². The summed E-state index contributed by atoms with van der Waals surface area (Å²) in [5.74, 6) is 0. The first-order valence-electron chi connectivity index (χ1n) is 6.26. The van der Waals surface area contributed by atoms with E-state index in [0.29, 0.717) is 6.54 Å². The lowest BCUT2D eigenvalue weighted by atomic mass is 10.0. The molecule has 0 saturated carbocycles. The van der Waals surface area contributed by atoms with E-state index >= 15 is 0 Å². The lowest BCUT2D eigenvalue weighted by Crippen LogP contribution is -2.41. The maximum atomic E-state index is 5.55. The molecule has 0 unspecified atom stereocenters. The minimum absolute atomic E-state index is 0.686. The summed E-state index contributed by atoms with van der Waals surface area (Å²) in [7, 11) is 4.34. The molecular formula is C12H22N4S. The van der Waals surface area contributed by atoms with E-state index in [1.165, 1.54) is 18.0 Å². The summed E-state index contributed by atoms with van der Waals surface area (Å²) in [5.41, 5.74) is 6.69. The molecule has 0 aromatic carbocycles. The van der Waals surface area contributed by atoms with Crippen molar-refractivity contribution in [2.24, 2.45) is 5.73 Å². The Balaban J connectivity index is 1.91. The van der Waals surface area contributed by atoms with Gasteiger partial charge in [0.15, 0.2) is 5.13 Å². The Morgan fingerprint density at radius 3 is 2.76 bits per heavy atom. The number of rotatable bonds is 4. The summed E-state index contributed by atoms with van der Waals surface area (Å²) < 4.78 is 0. The van der Waals surface area contributed by atoms with Gasteiger partial charge in [0.2, 0.25) is 0 Å². The van der Waals surface area contributed by atoms with Crippen LogP contribution in [0.2, 0.25) is 0 Å². The van der Waals surface area contributed by atoms with Crippen molar-refractivity contribution in [2.75, 3.05) is 38.6 Å². The van der Waals surface area contributed by atoms with Gasteiger partial charge in [-0.1, -0.05) is 0 Å². The molecule has 0 spiro atoms. The molecule has 0 aliphatic carbocycles. The molecule has 1 aromatic heterocycles. The van der Waals surface area contributed by atoms with Gasteiger partial charge in [-0.3, -0.25) is 0 Å². The van der Waals surface area contributed by atoms with Crippen LogP contribution < -0.4 is 10.6 Å². The number of thiazole rings is 1. The van der Waals surface area contributed by atoms with Crippen LogP contribution in [0.4, 0.5) is 5.13 Å². The molecule has 1 aromatic rings. The molecule has 1 aliphatic rings. The molecule has 2 rings (SSSR count). The van der Waals surface area contributed by atoms with Crippen LogP contribution in [0.25, 0.3) is 0 Å². The van der Waals surface area contributed by atoms with Crippen LogP contribution >= 0.6 is 11.3 Å². The lowest BCUT2D eigenvalue weighted by molar-refractivity contribution is 0.249. The van der Waals surface area contributed by atoms with Crippen molar-refractivity contribution in [1.82, 2.24) is 9.88 Å². The van der Waals surface area contributed by atoms with Gasteiger partial charge in [-0.05, 0) is 33.5 Å². The number of nitrogens with two attached hydrogens (primary N) is 1. The van der Waals surface area contributed by atoms with Crippen molar-refractivity contribution < 1.29 is 0 Å². The monoisotopic (exact) mass is 254 g/mol. The highest BCUT2D eigenvalue weighted by atomic mass is 32.1. The molecule has 0 atom stereocenters. The molecule has 0 amide bonds. The van der Waals surface area contributed by atoms with Crippen molar-refractivity contribution in [3.05, 3.63) is 11.1 Å². The zero-order valence-corrected chi connectivity index (χ0v) is 11.5. The van der Waals surface area contributed by atoms with Gasteiger partial charge in [0.1, 0.15) is 0 Å². The summed E-state index contributed by atoms with van der Waals surface area (Å²) >= 11 is 1.75. The quantitative estimate of drug-likeness (QED) is 0.876. The van der Waals surface area contributed by atoms with Crippen LogP contribution in [0.3, 0.4) is 0 Å². The molecule has 4 nitrogen and oxygen atoms in total. The van der Waals surface area contributed by atoms with Crippen LogP contribution in [0, 0.1) is 0 Å². The van der Waals surface area contributed by atoms with E-state index in [4.69, 9.17) is 5.73 Å². The largest absolute Gasteiger partial charge is 0.348 e. The number of hydrogen-bond acceptors (Lipinski definition) is 5. The maximum absolute atomic E-state index is 5.55. The van der Waals surface area contributed by atoms with Gasteiger partial charge >= 0.3 is 0 Å². The fourth-order valence-corrected chi connectivity index (χ4v) is 3.19. The van der Waals surface area contributed by atoms with Gasteiger partial charge in [0.25, 0.3) is 0 Å². The highest BCUT2D eigenvalue weighted by molar-refractivity contribution is 7.13. The van der Waals surface area contributed by atoms with Crippen molar-refractivity contribution in [3.8, 4) is 0 Å². The minimum Gasteiger partial charge on any atom is -0.348 e. The van der Waals surface area contributed by atoms with Crippen molar-refractivity contribution in [2.45, 2.75) is 25.3 Å². The summed E-state index contributed by atoms with van der Waals surface area (Å²) in [6.07, 6.45) is 3.36. The van der Waals surface area contributed by atoms with Gasteiger partial charge in [-0.2, -0.15) is 0 Å². The summed E-state index contributed by atoms with van der Waals surface area (Å²) in [4.78, 5) is 9.38. The standard InChI is InChI=1S/C12H22N4S/c1-15(2)11-4-7-16(8-5-11)12-14-10(3-6-13)9-17-12/h9,11H,3-8,13H2,1-2H3. The Morgan fingerprint density at radius 2 is 2.18 bits per heavy atom. The molecule has 17 heavy (non-hydrogen) atoms. The number of piperidine rings is 1. The number of aromatic nitrogens is 1. The molecule has 0 bridgehead atoms. The fraction of sp³-hybridized carbons (Fsp3) is 0.750. The molecule has 1 aliphatic heterocycles. The van der Waals surface area contributed by atoms with Crippen LogP contribution in [-0.4, -0.2) is 49.7 Å². The van der Waals surface area contributed by atoms with Crippen LogP contribution in [0.1, 0.15) is 18.5 Å². The second-order valence-corrected chi connectivity index (χ2v) is 5.68. The number of nitrogens with zero attached hydrogens (tertiary/aromatic N) is 3. The predicted octanol–water partition coefficient (Wildman–Crippen LogP) is 1.17. The highest BCUT2D eigenvalue weighted by Crippen LogP contribution is 2.25. The fourth-order valence-electron chi connectivity index (χ4n) is 2.28. The number of anilines is 1. The first-order chi connectivity index (χ1) is 8.20. The molecule has 0 radical (unpaired) electrons. The summed E-state index contributed by atoms with van der Waals surface area (Å²) in [5, 5.41) is 3.31. The molecular weight excluding hydrogens is 232 g/mol. The third-order valence-electron chi connectivity index (χ3n) is 3.41. The van der Waals surface area contributed by atoms with E-state index in [-0.39, 0.29) is 0 Å². The minimum atomic E-state index is 0.686. The summed E-state index contributed by atoms with van der Waals surface area (Å²) in [6, 6.07) is 0.731. The Morgan fingerprint density at radius 1 is 1.47 bits per heavy atom. The smallest absolute Gasteiger partial charge is 0.185 e. The first-order valence-corrected chi connectivity index (χ1v) is 7.14. The highest BCUT2D eigenvalue weighted by Gasteiger charge is 2.22. The van der Waals surface area contributed by atoms with Crippen molar-refractivity contribution in [3.63, 3.8) is 0 Å².